The highest BCUT2D eigenvalue weighted by Gasteiger charge is 2.43. The van der Waals surface area contributed by atoms with Crippen molar-refractivity contribution in [1.29, 1.82) is 5.26 Å². The van der Waals surface area contributed by atoms with Gasteiger partial charge < -0.3 is 24.8 Å². The molecule has 43 heavy (non-hydrogen) atoms. The van der Waals surface area contributed by atoms with E-state index >= 15 is 0 Å². The van der Waals surface area contributed by atoms with Crippen LogP contribution in [-0.4, -0.2) is 84.4 Å². The Labute approximate surface area is 247 Å². The van der Waals surface area contributed by atoms with E-state index < -0.39 is 24.4 Å². The summed E-state index contributed by atoms with van der Waals surface area (Å²) < 4.78 is 59.9. The second kappa shape index (κ2) is 12.3. The van der Waals surface area contributed by atoms with Crippen molar-refractivity contribution < 1.29 is 27.4 Å². The molecule has 3 aliphatic rings. The van der Waals surface area contributed by atoms with E-state index in [0.717, 1.165) is 50.9 Å². The summed E-state index contributed by atoms with van der Waals surface area (Å²) in [6, 6.07) is 10.5. The molecule has 226 valence electrons. The van der Waals surface area contributed by atoms with Crippen molar-refractivity contribution in [2.45, 2.75) is 43.2 Å². The van der Waals surface area contributed by atoms with E-state index in [1.54, 1.807) is 7.11 Å². The number of nitrogens with one attached hydrogen (secondary N) is 2. The van der Waals surface area contributed by atoms with Crippen LogP contribution in [0.1, 0.15) is 36.3 Å². The second-order valence-electron chi connectivity index (χ2n) is 11.0. The fourth-order valence-corrected chi connectivity index (χ4v) is 5.73. The van der Waals surface area contributed by atoms with Gasteiger partial charge in [-0.1, -0.05) is 0 Å². The smallest absolute Gasteiger partial charge is 0.296 e. The largest absolute Gasteiger partial charge is 0.483 e. The summed E-state index contributed by atoms with van der Waals surface area (Å²) in [6.45, 7) is 3.49. The number of pyridine rings is 1. The molecule has 6 rings (SSSR count). The van der Waals surface area contributed by atoms with Crippen molar-refractivity contribution >= 4 is 11.8 Å². The zero-order valence-electron chi connectivity index (χ0n) is 23.7. The molecule has 3 aliphatic heterocycles. The van der Waals surface area contributed by atoms with Crippen LogP contribution in [0.25, 0.3) is 11.3 Å². The van der Waals surface area contributed by atoms with Crippen LogP contribution in [0, 0.1) is 17.1 Å². The normalized spacial score (nSPS) is 21.0. The van der Waals surface area contributed by atoms with Crippen LogP contribution in [0.15, 0.2) is 36.5 Å². The van der Waals surface area contributed by atoms with E-state index in [0.29, 0.717) is 30.2 Å². The lowest BCUT2D eigenvalue weighted by molar-refractivity contribution is -0.109. The van der Waals surface area contributed by atoms with Gasteiger partial charge in [0.1, 0.15) is 23.3 Å². The van der Waals surface area contributed by atoms with Crippen molar-refractivity contribution in [2.24, 2.45) is 0 Å². The lowest BCUT2D eigenvalue weighted by Gasteiger charge is -2.41. The number of likely N-dealkylation sites (tertiary alicyclic amines) is 1. The number of benzene rings is 1. The minimum atomic E-state index is -3.08. The Morgan fingerprint density at radius 3 is 2.65 bits per heavy atom. The third kappa shape index (κ3) is 6.22. The molecule has 0 saturated carbocycles. The first-order chi connectivity index (χ1) is 20.8. The lowest BCUT2D eigenvalue weighted by atomic mass is 9.89. The van der Waals surface area contributed by atoms with Gasteiger partial charge in [-0.3, -0.25) is 4.90 Å². The second-order valence-corrected chi connectivity index (χ2v) is 11.0. The topological polar surface area (TPSA) is 117 Å². The highest BCUT2D eigenvalue weighted by atomic mass is 19.3. The van der Waals surface area contributed by atoms with Crippen LogP contribution in [0.4, 0.5) is 24.9 Å². The quantitative estimate of drug-likeness (QED) is 0.391. The number of ether oxygens (including phenoxy) is 3. The maximum atomic E-state index is 14.9. The monoisotopic (exact) mass is 595 g/mol. The number of methoxy groups -OCH3 is 1. The van der Waals surface area contributed by atoms with Gasteiger partial charge in [-0.2, -0.15) is 10.2 Å². The van der Waals surface area contributed by atoms with Crippen molar-refractivity contribution in [3.05, 3.63) is 53.5 Å². The molecule has 0 spiro atoms. The molecule has 5 heterocycles. The summed E-state index contributed by atoms with van der Waals surface area (Å²) in [7, 11) is 1.58. The fraction of sp³-hybridized carbons (Fsp3) is 0.467. The minimum absolute atomic E-state index is 0.00440. The Morgan fingerprint density at radius 2 is 1.95 bits per heavy atom. The van der Waals surface area contributed by atoms with E-state index in [-0.39, 0.29) is 34.9 Å². The highest BCUT2D eigenvalue weighted by Crippen LogP contribution is 2.36. The highest BCUT2D eigenvalue weighted by molar-refractivity contribution is 5.66. The van der Waals surface area contributed by atoms with Crippen molar-refractivity contribution in [2.75, 3.05) is 51.8 Å². The Balaban J connectivity index is 1.17. The van der Waals surface area contributed by atoms with E-state index in [1.807, 2.05) is 18.2 Å². The number of piperidine rings is 2. The standard InChI is InChI=1S/C30H32F3N7O3/c1-41-28-22(18-7-10-40(11-8-18)21-15-42-16-21)3-5-26(37-28)38-29-36-14-23(31)27(39-29)19-2-4-24(20(12-19)13-34)43-25-6-9-35-17-30(25,32)33/h2-5,12,14,18,21,25,35H,6-11,15-17H2,1H3,(H,36,37,38,39). The average molecular weight is 596 g/mol. The van der Waals surface area contributed by atoms with Gasteiger partial charge in [0.2, 0.25) is 11.8 Å². The van der Waals surface area contributed by atoms with Gasteiger partial charge in [0, 0.05) is 17.5 Å². The first-order valence-electron chi connectivity index (χ1n) is 14.3. The van der Waals surface area contributed by atoms with Gasteiger partial charge in [0.05, 0.1) is 44.7 Å². The van der Waals surface area contributed by atoms with Crippen LogP contribution < -0.4 is 20.1 Å². The SMILES string of the molecule is COc1nc(Nc2ncc(F)c(-c3ccc(OC4CCNCC4(F)F)c(C#N)c3)n2)ccc1C1CCN(C2COC2)CC1. The average Bonchev–Trinajstić information content (AvgIpc) is 2.99. The van der Waals surface area contributed by atoms with Crippen LogP contribution in [0.3, 0.4) is 0 Å². The number of aromatic nitrogens is 3. The molecule has 2 N–H and O–H groups in total. The molecule has 3 aromatic rings. The van der Waals surface area contributed by atoms with Crippen molar-refractivity contribution in [3.63, 3.8) is 0 Å². The predicted molar refractivity (Wildman–Crippen MR) is 151 cm³/mol. The first-order valence-corrected chi connectivity index (χ1v) is 14.3. The maximum Gasteiger partial charge on any atom is 0.296 e. The molecule has 3 fully saturated rings. The zero-order valence-corrected chi connectivity index (χ0v) is 23.7. The molecule has 1 unspecified atom stereocenters. The molecule has 0 radical (unpaired) electrons. The molecule has 10 nitrogen and oxygen atoms in total. The molecule has 1 aromatic carbocycles. The number of hydrogen-bond acceptors (Lipinski definition) is 10. The number of hydrogen-bond donors (Lipinski definition) is 2. The zero-order chi connectivity index (χ0) is 30.0. The summed E-state index contributed by atoms with van der Waals surface area (Å²) in [5.41, 5.74) is 1.23. The number of rotatable bonds is 8. The Kier molecular flexibility index (Phi) is 8.34. The van der Waals surface area contributed by atoms with Gasteiger partial charge in [0.25, 0.3) is 5.92 Å². The van der Waals surface area contributed by atoms with E-state index in [9.17, 15) is 18.4 Å². The van der Waals surface area contributed by atoms with Gasteiger partial charge in [-0.15, -0.1) is 0 Å². The van der Waals surface area contributed by atoms with E-state index in [4.69, 9.17) is 14.2 Å². The number of nitrogens with zero attached hydrogens (tertiary/aromatic N) is 5. The molecule has 0 bridgehead atoms. The maximum absolute atomic E-state index is 14.9. The van der Waals surface area contributed by atoms with Crippen LogP contribution >= 0.6 is 0 Å². The molecule has 2 aromatic heterocycles. The summed E-state index contributed by atoms with van der Waals surface area (Å²) in [5, 5.41) is 15.3. The number of nitriles is 1. The summed E-state index contributed by atoms with van der Waals surface area (Å²) in [4.78, 5) is 15.4. The molecule has 3 saturated heterocycles. The summed E-state index contributed by atoms with van der Waals surface area (Å²) >= 11 is 0. The van der Waals surface area contributed by atoms with Gasteiger partial charge >= 0.3 is 0 Å². The molecule has 0 amide bonds. The summed E-state index contributed by atoms with van der Waals surface area (Å²) in [5.74, 6) is -2.45. The molecular weight excluding hydrogens is 563 g/mol. The van der Waals surface area contributed by atoms with E-state index in [2.05, 4.69) is 30.5 Å². The molecule has 0 aliphatic carbocycles. The van der Waals surface area contributed by atoms with Gasteiger partial charge in [-0.25, -0.2) is 23.1 Å². The molecule has 1 atom stereocenters. The van der Waals surface area contributed by atoms with Crippen LogP contribution in [-0.2, 0) is 4.74 Å². The van der Waals surface area contributed by atoms with Crippen molar-refractivity contribution in [1.82, 2.24) is 25.2 Å². The van der Waals surface area contributed by atoms with Gasteiger partial charge in [0.15, 0.2) is 11.9 Å². The fourth-order valence-electron chi connectivity index (χ4n) is 5.73. The van der Waals surface area contributed by atoms with E-state index in [1.165, 1.54) is 18.2 Å². The number of alkyl halides is 2. The third-order valence-electron chi connectivity index (χ3n) is 8.23. The number of anilines is 2. The molecular formula is C30H32F3N7O3. The summed E-state index contributed by atoms with van der Waals surface area (Å²) in [6.07, 6.45) is 1.74. The van der Waals surface area contributed by atoms with Crippen LogP contribution in [0.2, 0.25) is 0 Å². The van der Waals surface area contributed by atoms with Gasteiger partial charge in [-0.05, 0) is 68.7 Å². The lowest BCUT2D eigenvalue weighted by Crippen LogP contribution is -2.52. The Bertz CT molecular complexity index is 1510. The first kappa shape index (κ1) is 29.1. The minimum Gasteiger partial charge on any atom is -0.483 e. The van der Waals surface area contributed by atoms with Crippen molar-refractivity contribution in [3.8, 4) is 29.0 Å². The predicted octanol–water partition coefficient (Wildman–Crippen LogP) is 4.26. The number of halogens is 3. The Hall–Kier alpha value is -3.99. The Morgan fingerprint density at radius 1 is 1.14 bits per heavy atom. The van der Waals surface area contributed by atoms with Crippen LogP contribution in [0.5, 0.6) is 11.6 Å². The molecule has 13 heteroatoms. The third-order valence-corrected chi connectivity index (χ3v) is 8.23.